The number of rotatable bonds is 4. The van der Waals surface area contributed by atoms with Crippen LogP contribution in [0.5, 0.6) is 0 Å². The highest BCUT2D eigenvalue weighted by atomic mass is 19.1. The number of anilines is 1. The van der Waals surface area contributed by atoms with Crippen molar-refractivity contribution in [3.63, 3.8) is 0 Å². The van der Waals surface area contributed by atoms with E-state index < -0.39 is 0 Å². The van der Waals surface area contributed by atoms with Crippen LogP contribution >= 0.6 is 0 Å². The fourth-order valence-electron chi connectivity index (χ4n) is 5.96. The Bertz CT molecular complexity index is 809. The lowest BCUT2D eigenvalue weighted by atomic mass is 9.53. The average Bonchev–Trinajstić information content (AvgIpc) is 3.02. The zero-order valence-electron chi connectivity index (χ0n) is 15.3. The fourth-order valence-corrected chi connectivity index (χ4v) is 5.96. The second kappa shape index (κ2) is 6.36. The molecule has 1 aromatic carbocycles. The number of hydrogen-bond donors (Lipinski definition) is 2. The van der Waals surface area contributed by atoms with Crippen LogP contribution in [0, 0.1) is 23.6 Å². The van der Waals surface area contributed by atoms with Crippen molar-refractivity contribution in [1.82, 2.24) is 15.1 Å². The third kappa shape index (κ3) is 3.45. The number of nitrogens with one attached hydrogen (secondary N) is 2. The second-order valence-corrected chi connectivity index (χ2v) is 8.83. The van der Waals surface area contributed by atoms with Crippen molar-refractivity contribution in [3.05, 3.63) is 48.0 Å². The van der Waals surface area contributed by atoms with Gasteiger partial charge < -0.3 is 10.6 Å². The highest BCUT2D eigenvalue weighted by Crippen LogP contribution is 2.55. The van der Waals surface area contributed by atoms with Gasteiger partial charge >= 0.3 is 6.03 Å². The van der Waals surface area contributed by atoms with Gasteiger partial charge in [0.2, 0.25) is 0 Å². The van der Waals surface area contributed by atoms with Crippen LogP contribution in [-0.4, -0.2) is 21.4 Å². The first-order valence-corrected chi connectivity index (χ1v) is 9.91. The largest absolute Gasteiger partial charge is 0.332 e. The molecule has 6 heteroatoms. The number of urea groups is 1. The maximum atomic E-state index is 13.0. The number of benzene rings is 1. The van der Waals surface area contributed by atoms with E-state index in [0.717, 1.165) is 42.6 Å². The molecule has 5 nitrogen and oxygen atoms in total. The minimum Gasteiger partial charge on any atom is -0.332 e. The Morgan fingerprint density at radius 3 is 2.37 bits per heavy atom. The van der Waals surface area contributed by atoms with Gasteiger partial charge in [-0.25, -0.2) is 9.18 Å². The van der Waals surface area contributed by atoms with Crippen molar-refractivity contribution in [3.8, 4) is 0 Å². The van der Waals surface area contributed by atoms with Gasteiger partial charge in [-0.1, -0.05) is 12.1 Å². The van der Waals surface area contributed by atoms with E-state index in [4.69, 9.17) is 0 Å². The minimum absolute atomic E-state index is 0.00292. The molecule has 0 spiro atoms. The molecule has 27 heavy (non-hydrogen) atoms. The van der Waals surface area contributed by atoms with Crippen molar-refractivity contribution in [2.75, 3.05) is 5.32 Å². The monoisotopic (exact) mass is 368 g/mol. The number of amides is 2. The van der Waals surface area contributed by atoms with E-state index in [-0.39, 0.29) is 17.4 Å². The number of aromatic nitrogens is 2. The molecular weight excluding hydrogens is 343 g/mol. The van der Waals surface area contributed by atoms with Gasteiger partial charge in [0.05, 0.1) is 18.4 Å². The van der Waals surface area contributed by atoms with E-state index in [9.17, 15) is 9.18 Å². The molecule has 4 saturated carbocycles. The van der Waals surface area contributed by atoms with Crippen molar-refractivity contribution in [1.29, 1.82) is 0 Å². The molecule has 1 aromatic heterocycles. The Kier molecular flexibility index (Phi) is 3.95. The third-order valence-corrected chi connectivity index (χ3v) is 6.57. The van der Waals surface area contributed by atoms with Gasteiger partial charge in [-0.15, -0.1) is 0 Å². The fraction of sp³-hybridized carbons (Fsp3) is 0.524. The van der Waals surface area contributed by atoms with E-state index in [1.165, 1.54) is 31.4 Å². The van der Waals surface area contributed by atoms with Crippen molar-refractivity contribution in [2.24, 2.45) is 17.8 Å². The maximum absolute atomic E-state index is 13.0. The minimum atomic E-state index is -0.247. The Hall–Kier alpha value is -2.37. The summed E-state index contributed by atoms with van der Waals surface area (Å²) in [5.41, 5.74) is 1.64. The maximum Gasteiger partial charge on any atom is 0.319 e. The van der Waals surface area contributed by atoms with Crippen LogP contribution in [0.1, 0.15) is 44.1 Å². The molecule has 142 valence electrons. The first-order chi connectivity index (χ1) is 13.1. The molecular formula is C21H25FN4O. The summed E-state index contributed by atoms with van der Waals surface area (Å²) in [6, 6.07) is 6.24. The van der Waals surface area contributed by atoms with Gasteiger partial charge in [0, 0.05) is 11.7 Å². The van der Waals surface area contributed by atoms with Crippen LogP contribution in [0.15, 0.2) is 36.7 Å². The van der Waals surface area contributed by atoms with Crippen LogP contribution in [0.2, 0.25) is 0 Å². The topological polar surface area (TPSA) is 59.0 Å². The highest BCUT2D eigenvalue weighted by molar-refractivity contribution is 5.89. The van der Waals surface area contributed by atoms with Gasteiger partial charge in [-0.2, -0.15) is 5.10 Å². The molecule has 2 N–H and O–H groups in total. The molecule has 4 aliphatic rings. The third-order valence-electron chi connectivity index (χ3n) is 6.57. The van der Waals surface area contributed by atoms with Crippen molar-refractivity contribution < 1.29 is 9.18 Å². The molecule has 0 aliphatic heterocycles. The summed E-state index contributed by atoms with van der Waals surface area (Å²) in [5, 5.41) is 10.5. The van der Waals surface area contributed by atoms with Gasteiger partial charge in [-0.3, -0.25) is 4.68 Å². The van der Waals surface area contributed by atoms with Crippen LogP contribution in [-0.2, 0) is 6.54 Å². The van der Waals surface area contributed by atoms with E-state index >= 15 is 0 Å². The predicted molar refractivity (Wildman–Crippen MR) is 101 cm³/mol. The van der Waals surface area contributed by atoms with Crippen LogP contribution in [0.25, 0.3) is 0 Å². The van der Waals surface area contributed by atoms with Gasteiger partial charge in [-0.05, 0) is 74.0 Å². The SMILES string of the molecule is O=C(Nc1cnn(Cc2ccc(F)cc2)c1)NC12CC3CC(CC(C3)C1)C2. The molecule has 0 unspecified atom stereocenters. The van der Waals surface area contributed by atoms with Crippen LogP contribution in [0.4, 0.5) is 14.9 Å². The summed E-state index contributed by atoms with van der Waals surface area (Å²) < 4.78 is 14.7. The van der Waals surface area contributed by atoms with Crippen LogP contribution in [0.3, 0.4) is 0 Å². The zero-order valence-corrected chi connectivity index (χ0v) is 15.3. The Balaban J connectivity index is 1.20. The second-order valence-electron chi connectivity index (χ2n) is 8.83. The number of hydrogen-bond acceptors (Lipinski definition) is 2. The number of halogens is 1. The molecule has 4 aliphatic carbocycles. The standard InChI is InChI=1S/C21H25FN4O/c22-18-3-1-14(2-4-18)12-26-13-19(11-23-26)24-20(27)25-21-8-15-5-16(9-21)7-17(6-15)10-21/h1-4,11,13,15-17H,5-10,12H2,(H2,24,25,27). The molecule has 6 rings (SSSR count). The summed E-state index contributed by atoms with van der Waals surface area (Å²) in [7, 11) is 0. The Morgan fingerprint density at radius 2 is 1.74 bits per heavy atom. The summed E-state index contributed by atoms with van der Waals surface area (Å²) in [6.45, 7) is 0.540. The summed E-state index contributed by atoms with van der Waals surface area (Å²) in [4.78, 5) is 12.6. The Labute approximate surface area is 158 Å². The summed E-state index contributed by atoms with van der Waals surface area (Å²) in [5.74, 6) is 2.16. The molecule has 4 fully saturated rings. The molecule has 2 amide bonds. The normalized spacial score (nSPS) is 31.1. The van der Waals surface area contributed by atoms with Crippen molar-refractivity contribution >= 4 is 11.7 Å². The lowest BCUT2D eigenvalue weighted by Crippen LogP contribution is -2.60. The lowest BCUT2D eigenvalue weighted by molar-refractivity contribution is -0.0127. The molecule has 2 aromatic rings. The highest BCUT2D eigenvalue weighted by Gasteiger charge is 2.51. The number of nitrogens with zero attached hydrogens (tertiary/aromatic N) is 2. The smallest absolute Gasteiger partial charge is 0.319 e. The van der Waals surface area contributed by atoms with E-state index in [2.05, 4.69) is 15.7 Å². The van der Waals surface area contributed by atoms with Crippen LogP contribution < -0.4 is 10.6 Å². The van der Waals surface area contributed by atoms with E-state index in [1.54, 1.807) is 23.0 Å². The predicted octanol–water partition coefficient (Wildman–Crippen LogP) is 4.16. The summed E-state index contributed by atoms with van der Waals surface area (Å²) in [6.07, 6.45) is 10.9. The molecule has 0 radical (unpaired) electrons. The molecule has 4 bridgehead atoms. The summed E-state index contributed by atoms with van der Waals surface area (Å²) >= 11 is 0. The first kappa shape index (κ1) is 16.8. The molecule has 1 heterocycles. The molecule has 0 saturated heterocycles. The molecule has 0 atom stereocenters. The van der Waals surface area contributed by atoms with E-state index in [1.807, 2.05) is 6.20 Å². The first-order valence-electron chi connectivity index (χ1n) is 9.91. The average molecular weight is 368 g/mol. The van der Waals surface area contributed by atoms with Gasteiger partial charge in [0.1, 0.15) is 5.82 Å². The lowest BCUT2D eigenvalue weighted by Gasteiger charge is -2.56. The van der Waals surface area contributed by atoms with Gasteiger partial charge in [0.25, 0.3) is 0 Å². The zero-order chi connectivity index (χ0) is 18.4. The van der Waals surface area contributed by atoms with Crippen molar-refractivity contribution in [2.45, 2.75) is 50.6 Å². The quantitative estimate of drug-likeness (QED) is 0.851. The number of carbonyl (C=O) groups is 1. The Morgan fingerprint density at radius 1 is 1.11 bits per heavy atom. The van der Waals surface area contributed by atoms with Gasteiger partial charge in [0.15, 0.2) is 0 Å². The number of carbonyl (C=O) groups excluding carboxylic acids is 1. The van der Waals surface area contributed by atoms with E-state index in [0.29, 0.717) is 12.2 Å².